The van der Waals surface area contributed by atoms with Crippen molar-refractivity contribution in [3.8, 4) is 5.75 Å². The molecule has 3 nitrogen and oxygen atoms in total. The molecule has 0 saturated heterocycles. The van der Waals surface area contributed by atoms with Crippen LogP contribution in [0.25, 0.3) is 10.8 Å². The molecule has 0 heterocycles. The normalized spacial score (nSPS) is 14.0. The van der Waals surface area contributed by atoms with E-state index in [-0.39, 0.29) is 17.6 Å². The van der Waals surface area contributed by atoms with Crippen molar-refractivity contribution in [3.63, 3.8) is 0 Å². The highest BCUT2D eigenvalue weighted by atomic mass is 16.5. The molecule has 1 atom stereocenters. The molecule has 0 saturated carbocycles. The SMILES string of the molecule is CC(C)(C)C(C)(C)NCC(O)COc1cccc2ccccc12. The van der Waals surface area contributed by atoms with Crippen LogP contribution in [0.15, 0.2) is 42.5 Å². The van der Waals surface area contributed by atoms with Gasteiger partial charge in [-0.15, -0.1) is 0 Å². The van der Waals surface area contributed by atoms with Gasteiger partial charge in [0.05, 0.1) is 0 Å². The van der Waals surface area contributed by atoms with Crippen molar-refractivity contribution in [2.24, 2.45) is 5.41 Å². The summed E-state index contributed by atoms with van der Waals surface area (Å²) in [7, 11) is 0. The highest BCUT2D eigenvalue weighted by Gasteiger charge is 2.32. The second kappa shape index (κ2) is 6.90. The molecule has 0 bridgehead atoms. The molecule has 0 spiro atoms. The number of aliphatic hydroxyl groups excluding tert-OH is 1. The zero-order valence-corrected chi connectivity index (χ0v) is 14.9. The van der Waals surface area contributed by atoms with Crippen molar-refractivity contribution in [3.05, 3.63) is 42.5 Å². The summed E-state index contributed by atoms with van der Waals surface area (Å²) in [5.74, 6) is 0.817. The summed E-state index contributed by atoms with van der Waals surface area (Å²) in [5.41, 5.74) is 0.0522. The quantitative estimate of drug-likeness (QED) is 0.847. The lowest BCUT2D eigenvalue weighted by Gasteiger charge is -2.40. The molecule has 126 valence electrons. The lowest BCUT2D eigenvalue weighted by molar-refractivity contribution is 0.0837. The molecular weight excluding hydrogens is 286 g/mol. The fraction of sp³-hybridized carbons (Fsp3) is 0.500. The van der Waals surface area contributed by atoms with E-state index in [9.17, 15) is 5.11 Å². The lowest BCUT2D eigenvalue weighted by atomic mass is 9.76. The molecule has 0 fully saturated rings. The zero-order chi connectivity index (χ0) is 17.1. The molecule has 0 aromatic heterocycles. The Morgan fingerprint density at radius 1 is 1.00 bits per heavy atom. The fourth-order valence-electron chi connectivity index (χ4n) is 2.20. The third kappa shape index (κ3) is 4.46. The van der Waals surface area contributed by atoms with Crippen molar-refractivity contribution in [2.75, 3.05) is 13.2 Å². The Labute approximate surface area is 139 Å². The molecular formula is C20H29NO2. The molecule has 1 unspecified atom stereocenters. The van der Waals surface area contributed by atoms with E-state index in [1.54, 1.807) is 0 Å². The Morgan fingerprint density at radius 2 is 1.65 bits per heavy atom. The number of nitrogens with one attached hydrogen (secondary N) is 1. The summed E-state index contributed by atoms with van der Waals surface area (Å²) in [4.78, 5) is 0. The third-order valence-corrected chi connectivity index (χ3v) is 4.84. The minimum atomic E-state index is -0.546. The van der Waals surface area contributed by atoms with Crippen LogP contribution in [-0.4, -0.2) is 29.9 Å². The van der Waals surface area contributed by atoms with Crippen LogP contribution >= 0.6 is 0 Å². The minimum Gasteiger partial charge on any atom is -0.490 e. The maximum absolute atomic E-state index is 10.2. The van der Waals surface area contributed by atoms with Gasteiger partial charge in [0, 0.05) is 17.5 Å². The smallest absolute Gasteiger partial charge is 0.127 e. The molecule has 2 rings (SSSR count). The van der Waals surface area contributed by atoms with E-state index >= 15 is 0 Å². The second-order valence-electron chi connectivity index (χ2n) is 7.70. The van der Waals surface area contributed by atoms with E-state index in [1.165, 1.54) is 0 Å². The van der Waals surface area contributed by atoms with Crippen molar-refractivity contribution in [2.45, 2.75) is 46.3 Å². The summed E-state index contributed by atoms with van der Waals surface area (Å²) in [5, 5.41) is 15.9. The second-order valence-corrected chi connectivity index (χ2v) is 7.70. The van der Waals surface area contributed by atoms with Crippen LogP contribution in [0, 0.1) is 5.41 Å². The van der Waals surface area contributed by atoms with Crippen molar-refractivity contribution in [1.29, 1.82) is 0 Å². The van der Waals surface area contributed by atoms with Crippen LogP contribution in [0.5, 0.6) is 5.75 Å². The van der Waals surface area contributed by atoms with Crippen LogP contribution in [0.4, 0.5) is 0 Å². The van der Waals surface area contributed by atoms with Crippen molar-refractivity contribution >= 4 is 10.8 Å². The molecule has 23 heavy (non-hydrogen) atoms. The van der Waals surface area contributed by atoms with E-state index < -0.39 is 6.10 Å². The molecule has 2 aromatic carbocycles. The van der Waals surface area contributed by atoms with Gasteiger partial charge in [-0.2, -0.15) is 0 Å². The van der Waals surface area contributed by atoms with Crippen LogP contribution in [0.1, 0.15) is 34.6 Å². The van der Waals surface area contributed by atoms with E-state index in [2.05, 4.69) is 52.1 Å². The van der Waals surface area contributed by atoms with Gasteiger partial charge in [-0.1, -0.05) is 57.2 Å². The number of β-amino-alcohol motifs (C(OH)–C–C–N with tert-alkyl or cyclic N) is 1. The Kier molecular flexibility index (Phi) is 5.33. The first-order valence-electron chi connectivity index (χ1n) is 8.24. The van der Waals surface area contributed by atoms with Gasteiger partial charge >= 0.3 is 0 Å². The summed E-state index contributed by atoms with van der Waals surface area (Å²) in [6, 6.07) is 14.1. The first-order valence-corrected chi connectivity index (χ1v) is 8.24. The predicted molar refractivity (Wildman–Crippen MR) is 97.0 cm³/mol. The first kappa shape index (κ1) is 17.8. The molecule has 0 aliphatic rings. The van der Waals surface area contributed by atoms with Crippen LogP contribution < -0.4 is 10.1 Å². The maximum Gasteiger partial charge on any atom is 0.127 e. The Hall–Kier alpha value is -1.58. The molecule has 3 heteroatoms. The first-order chi connectivity index (χ1) is 10.7. The van der Waals surface area contributed by atoms with Gasteiger partial charge < -0.3 is 15.2 Å². The van der Waals surface area contributed by atoms with E-state index in [4.69, 9.17) is 4.74 Å². The lowest BCUT2D eigenvalue weighted by Crippen LogP contribution is -2.52. The van der Waals surface area contributed by atoms with Crippen LogP contribution in [0.3, 0.4) is 0 Å². The maximum atomic E-state index is 10.2. The van der Waals surface area contributed by atoms with Crippen LogP contribution in [0.2, 0.25) is 0 Å². The molecule has 2 aromatic rings. The van der Waals surface area contributed by atoms with Gasteiger partial charge in [-0.3, -0.25) is 0 Å². The average molecular weight is 315 g/mol. The van der Waals surface area contributed by atoms with Gasteiger partial charge in [-0.25, -0.2) is 0 Å². The van der Waals surface area contributed by atoms with E-state index in [0.717, 1.165) is 16.5 Å². The summed E-state index contributed by atoms with van der Waals surface area (Å²) in [6.07, 6.45) is -0.546. The number of aliphatic hydroxyl groups is 1. The highest BCUT2D eigenvalue weighted by molar-refractivity contribution is 5.88. The zero-order valence-electron chi connectivity index (χ0n) is 14.9. The molecule has 0 aliphatic heterocycles. The number of benzene rings is 2. The largest absolute Gasteiger partial charge is 0.490 e. The number of hydrogen-bond acceptors (Lipinski definition) is 3. The van der Waals surface area contributed by atoms with Gasteiger partial charge in [0.2, 0.25) is 0 Å². The topological polar surface area (TPSA) is 41.5 Å². The van der Waals surface area contributed by atoms with Gasteiger partial charge in [0.25, 0.3) is 0 Å². The van der Waals surface area contributed by atoms with Crippen molar-refractivity contribution < 1.29 is 9.84 Å². The molecule has 2 N–H and O–H groups in total. The van der Waals surface area contributed by atoms with Gasteiger partial charge in [0.15, 0.2) is 0 Å². The molecule has 0 radical (unpaired) electrons. The summed E-state index contributed by atoms with van der Waals surface area (Å²) < 4.78 is 5.84. The van der Waals surface area contributed by atoms with E-state index in [1.807, 2.05) is 30.3 Å². The minimum absolute atomic E-state index is 0.0621. The Bertz CT molecular complexity index is 638. The van der Waals surface area contributed by atoms with E-state index in [0.29, 0.717) is 6.54 Å². The van der Waals surface area contributed by atoms with Gasteiger partial charge in [-0.05, 0) is 30.7 Å². The Balaban J connectivity index is 1.93. The Morgan fingerprint density at radius 3 is 2.35 bits per heavy atom. The number of fused-ring (bicyclic) bond motifs is 1. The van der Waals surface area contributed by atoms with Gasteiger partial charge in [0.1, 0.15) is 18.5 Å². The van der Waals surface area contributed by atoms with Crippen molar-refractivity contribution in [1.82, 2.24) is 5.32 Å². The average Bonchev–Trinajstić information content (AvgIpc) is 2.50. The summed E-state index contributed by atoms with van der Waals surface area (Å²) >= 11 is 0. The van der Waals surface area contributed by atoms with Crippen LogP contribution in [-0.2, 0) is 0 Å². The predicted octanol–water partition coefficient (Wildman–Crippen LogP) is 3.99. The summed E-state index contributed by atoms with van der Waals surface area (Å²) in [6.45, 7) is 11.7. The molecule has 0 aliphatic carbocycles. The number of hydrogen-bond donors (Lipinski definition) is 2. The fourth-order valence-corrected chi connectivity index (χ4v) is 2.20. The monoisotopic (exact) mass is 315 g/mol. The molecule has 0 amide bonds. The highest BCUT2D eigenvalue weighted by Crippen LogP contribution is 2.29. The standard InChI is InChI=1S/C20H29NO2/c1-19(2,3)20(4,5)21-13-16(22)14-23-18-12-8-10-15-9-6-7-11-17(15)18/h6-12,16,21-22H,13-14H2,1-5H3. The third-order valence-electron chi connectivity index (χ3n) is 4.84. The number of rotatable bonds is 6. The number of ether oxygens (including phenoxy) is 1.